The van der Waals surface area contributed by atoms with Gasteiger partial charge in [0.2, 0.25) is 0 Å². The van der Waals surface area contributed by atoms with Crippen molar-refractivity contribution in [3.63, 3.8) is 0 Å². The number of esters is 1. The molecule has 1 heterocycles. The van der Waals surface area contributed by atoms with Gasteiger partial charge in [0.25, 0.3) is 5.91 Å². The van der Waals surface area contributed by atoms with Crippen LogP contribution in [-0.2, 0) is 16.1 Å². The molecule has 0 aliphatic carbocycles. The van der Waals surface area contributed by atoms with Crippen LogP contribution in [0.15, 0.2) is 42.5 Å². The minimum atomic E-state index is -2.93. The van der Waals surface area contributed by atoms with E-state index in [9.17, 15) is 18.4 Å². The number of fused-ring (bicyclic) bond motifs is 1. The number of hydrogen-bond donors (Lipinski definition) is 1. The highest BCUT2D eigenvalue weighted by atomic mass is 19.3. The number of halogens is 2. The Balaban J connectivity index is 1.54. The van der Waals surface area contributed by atoms with Crippen LogP contribution in [0.4, 0.5) is 14.5 Å². The highest BCUT2D eigenvalue weighted by Gasteiger charge is 2.13. The summed E-state index contributed by atoms with van der Waals surface area (Å²) < 4.78 is 35.1. The van der Waals surface area contributed by atoms with Crippen LogP contribution in [0.3, 0.4) is 0 Å². The van der Waals surface area contributed by atoms with E-state index in [1.807, 2.05) is 6.92 Å². The van der Waals surface area contributed by atoms with E-state index in [4.69, 9.17) is 4.74 Å². The molecule has 1 N–H and O–H groups in total. The van der Waals surface area contributed by atoms with Gasteiger partial charge in [-0.15, -0.1) is 5.10 Å². The lowest BCUT2D eigenvalue weighted by atomic mass is 10.2. The van der Waals surface area contributed by atoms with Crippen molar-refractivity contribution in [3.8, 4) is 5.75 Å². The maximum absolute atomic E-state index is 12.1. The first-order valence-corrected chi connectivity index (χ1v) is 8.31. The summed E-state index contributed by atoms with van der Waals surface area (Å²) in [7, 11) is 0. The van der Waals surface area contributed by atoms with E-state index in [-0.39, 0.29) is 11.3 Å². The monoisotopic (exact) mass is 390 g/mol. The number of carbonyl (C=O) groups excluding carboxylic acids is 2. The van der Waals surface area contributed by atoms with Crippen molar-refractivity contribution in [2.75, 3.05) is 11.9 Å². The van der Waals surface area contributed by atoms with Crippen LogP contribution < -0.4 is 10.1 Å². The topological polar surface area (TPSA) is 95.3 Å². The van der Waals surface area contributed by atoms with Gasteiger partial charge in [0.1, 0.15) is 11.3 Å². The fourth-order valence-electron chi connectivity index (χ4n) is 2.46. The molecular weight excluding hydrogens is 374 g/mol. The number of hydrogen-bond acceptors (Lipinski definition) is 6. The second kappa shape index (κ2) is 8.42. The SMILES string of the molecule is CCn1nnc2cc(C(=O)OCC(=O)Nc3ccc(OC(F)F)cc3)ccc21. The van der Waals surface area contributed by atoms with Crippen LogP contribution in [-0.4, -0.2) is 40.1 Å². The van der Waals surface area contributed by atoms with Gasteiger partial charge in [0.15, 0.2) is 6.61 Å². The fourth-order valence-corrected chi connectivity index (χ4v) is 2.46. The van der Waals surface area contributed by atoms with E-state index in [2.05, 4.69) is 20.4 Å². The van der Waals surface area contributed by atoms with Crippen molar-refractivity contribution in [1.29, 1.82) is 0 Å². The number of rotatable bonds is 7. The lowest BCUT2D eigenvalue weighted by Crippen LogP contribution is -2.20. The first kappa shape index (κ1) is 19.2. The van der Waals surface area contributed by atoms with Gasteiger partial charge in [0.05, 0.1) is 11.1 Å². The summed E-state index contributed by atoms with van der Waals surface area (Å²) in [5.41, 5.74) is 1.93. The van der Waals surface area contributed by atoms with Crippen molar-refractivity contribution < 1.29 is 27.8 Å². The summed E-state index contributed by atoms with van der Waals surface area (Å²) in [5.74, 6) is -1.28. The van der Waals surface area contributed by atoms with Crippen LogP contribution in [0.2, 0.25) is 0 Å². The molecule has 1 amide bonds. The predicted octanol–water partition coefficient (Wildman–Crippen LogP) is 2.85. The minimum absolute atomic E-state index is 0.0326. The van der Waals surface area contributed by atoms with Crippen molar-refractivity contribution in [1.82, 2.24) is 15.0 Å². The Morgan fingerprint density at radius 2 is 1.93 bits per heavy atom. The number of aryl methyl sites for hydroxylation is 1. The first-order chi connectivity index (χ1) is 13.5. The van der Waals surface area contributed by atoms with Crippen LogP contribution >= 0.6 is 0 Å². The molecule has 2 aromatic carbocycles. The van der Waals surface area contributed by atoms with Crippen LogP contribution in [0.5, 0.6) is 5.75 Å². The molecule has 0 unspecified atom stereocenters. The zero-order valence-corrected chi connectivity index (χ0v) is 14.8. The summed E-state index contributed by atoms with van der Waals surface area (Å²) in [6, 6.07) is 10.2. The third-order valence-corrected chi connectivity index (χ3v) is 3.75. The Morgan fingerprint density at radius 1 is 1.18 bits per heavy atom. The van der Waals surface area contributed by atoms with Gasteiger partial charge in [-0.05, 0) is 49.4 Å². The van der Waals surface area contributed by atoms with Crippen molar-refractivity contribution in [3.05, 3.63) is 48.0 Å². The largest absolute Gasteiger partial charge is 0.452 e. The van der Waals surface area contributed by atoms with Gasteiger partial charge in [-0.3, -0.25) is 4.79 Å². The number of nitrogens with one attached hydrogen (secondary N) is 1. The van der Waals surface area contributed by atoms with Gasteiger partial charge in [-0.2, -0.15) is 8.78 Å². The van der Waals surface area contributed by atoms with E-state index in [1.165, 1.54) is 30.3 Å². The van der Waals surface area contributed by atoms with E-state index in [0.29, 0.717) is 17.7 Å². The average Bonchev–Trinajstić information content (AvgIpc) is 3.09. The quantitative estimate of drug-likeness (QED) is 0.624. The molecule has 8 nitrogen and oxygen atoms in total. The highest BCUT2D eigenvalue weighted by Crippen LogP contribution is 2.18. The van der Waals surface area contributed by atoms with Crippen LogP contribution in [0, 0.1) is 0 Å². The fraction of sp³-hybridized carbons (Fsp3) is 0.222. The van der Waals surface area contributed by atoms with Gasteiger partial charge in [-0.25, -0.2) is 9.48 Å². The molecule has 146 valence electrons. The smallest absolute Gasteiger partial charge is 0.387 e. The molecular formula is C18H16F2N4O4. The summed E-state index contributed by atoms with van der Waals surface area (Å²) in [5, 5.41) is 10.4. The third kappa shape index (κ3) is 4.58. The molecule has 0 aliphatic heterocycles. The van der Waals surface area contributed by atoms with E-state index >= 15 is 0 Å². The predicted molar refractivity (Wildman–Crippen MR) is 95.2 cm³/mol. The second-order valence-electron chi connectivity index (χ2n) is 5.64. The molecule has 0 fully saturated rings. The molecule has 1 aromatic heterocycles. The maximum atomic E-state index is 12.1. The Hall–Kier alpha value is -3.56. The number of ether oxygens (including phenoxy) is 2. The summed E-state index contributed by atoms with van der Waals surface area (Å²) in [6.45, 7) is -0.858. The Kier molecular flexibility index (Phi) is 5.78. The third-order valence-electron chi connectivity index (χ3n) is 3.75. The lowest BCUT2D eigenvalue weighted by molar-refractivity contribution is -0.119. The van der Waals surface area contributed by atoms with Crippen LogP contribution in [0.25, 0.3) is 11.0 Å². The van der Waals surface area contributed by atoms with Crippen molar-refractivity contribution >= 4 is 28.6 Å². The van der Waals surface area contributed by atoms with Gasteiger partial charge in [0, 0.05) is 12.2 Å². The van der Waals surface area contributed by atoms with E-state index in [0.717, 1.165) is 5.52 Å². The molecule has 0 atom stereocenters. The molecule has 10 heteroatoms. The molecule has 0 radical (unpaired) electrons. The number of aromatic nitrogens is 3. The lowest BCUT2D eigenvalue weighted by Gasteiger charge is -2.08. The summed E-state index contributed by atoms with van der Waals surface area (Å²) >= 11 is 0. The Bertz CT molecular complexity index is 989. The number of nitrogens with zero attached hydrogens (tertiary/aromatic N) is 3. The molecule has 3 rings (SSSR count). The normalized spacial score (nSPS) is 10.9. The number of carbonyl (C=O) groups is 2. The van der Waals surface area contributed by atoms with Gasteiger partial charge < -0.3 is 14.8 Å². The molecule has 0 saturated carbocycles. The standard InChI is InChI=1S/C18H16F2N4O4/c1-2-24-15-8-3-11(9-14(15)22-23-24)17(26)27-10-16(25)21-12-4-6-13(7-5-12)28-18(19)20/h3-9,18H,2,10H2,1H3,(H,21,25). The molecule has 3 aromatic rings. The second-order valence-corrected chi connectivity index (χ2v) is 5.64. The van der Waals surface area contributed by atoms with E-state index in [1.54, 1.807) is 16.8 Å². The highest BCUT2D eigenvalue weighted by molar-refractivity contribution is 5.97. The van der Waals surface area contributed by atoms with Crippen LogP contribution in [0.1, 0.15) is 17.3 Å². The van der Waals surface area contributed by atoms with E-state index < -0.39 is 25.1 Å². The van der Waals surface area contributed by atoms with Crippen molar-refractivity contribution in [2.24, 2.45) is 0 Å². The maximum Gasteiger partial charge on any atom is 0.387 e. The number of benzene rings is 2. The Morgan fingerprint density at radius 3 is 2.61 bits per heavy atom. The molecule has 0 spiro atoms. The number of amides is 1. The van der Waals surface area contributed by atoms with Gasteiger partial charge in [-0.1, -0.05) is 5.21 Å². The summed E-state index contributed by atoms with van der Waals surface area (Å²) in [6.07, 6.45) is 0. The number of alkyl halides is 2. The first-order valence-electron chi connectivity index (χ1n) is 8.31. The molecule has 28 heavy (non-hydrogen) atoms. The van der Waals surface area contributed by atoms with Gasteiger partial charge >= 0.3 is 12.6 Å². The zero-order chi connectivity index (χ0) is 20.1. The van der Waals surface area contributed by atoms with Crippen molar-refractivity contribution in [2.45, 2.75) is 20.1 Å². The molecule has 0 bridgehead atoms. The molecule has 0 saturated heterocycles. The Labute approximate surface area is 158 Å². The molecule has 0 aliphatic rings. The number of anilines is 1. The minimum Gasteiger partial charge on any atom is -0.452 e. The zero-order valence-electron chi connectivity index (χ0n) is 14.8. The summed E-state index contributed by atoms with van der Waals surface area (Å²) in [4.78, 5) is 24.0. The average molecular weight is 390 g/mol.